The van der Waals surface area contributed by atoms with Gasteiger partial charge >= 0.3 is 0 Å². The number of nitrogens with one attached hydrogen (secondary N) is 1. The van der Waals surface area contributed by atoms with Crippen molar-refractivity contribution in [3.05, 3.63) is 66.4 Å². The lowest BCUT2D eigenvalue weighted by molar-refractivity contribution is 0.590. The number of benzene rings is 2. The van der Waals surface area contributed by atoms with E-state index in [1.165, 1.54) is 11.3 Å². The van der Waals surface area contributed by atoms with Crippen molar-refractivity contribution in [1.82, 2.24) is 15.2 Å². The van der Waals surface area contributed by atoms with Gasteiger partial charge in [-0.05, 0) is 35.2 Å². The molecule has 0 saturated carbocycles. The number of piperazine rings is 1. The summed E-state index contributed by atoms with van der Waals surface area (Å²) in [6, 6.07) is 19.0. The van der Waals surface area contributed by atoms with Crippen LogP contribution in [0.2, 0.25) is 0 Å². The van der Waals surface area contributed by atoms with Crippen LogP contribution in [0.4, 0.5) is 23.1 Å². The summed E-state index contributed by atoms with van der Waals surface area (Å²) in [7, 11) is 0. The van der Waals surface area contributed by atoms with Crippen molar-refractivity contribution in [2.24, 2.45) is 0 Å². The predicted octanol–water partition coefficient (Wildman–Crippen LogP) is 4.24. The summed E-state index contributed by atoms with van der Waals surface area (Å²) in [5.74, 6) is 1.39. The first-order valence-corrected chi connectivity index (χ1v) is 10.1. The van der Waals surface area contributed by atoms with Gasteiger partial charge in [0, 0.05) is 37.6 Å². The Morgan fingerprint density at radius 2 is 1.48 bits per heavy atom. The second-order valence-corrected chi connectivity index (χ2v) is 8.40. The minimum absolute atomic E-state index is 0.143. The molecule has 1 N–H and O–H groups in total. The van der Waals surface area contributed by atoms with Crippen LogP contribution in [0.1, 0.15) is 26.3 Å². The Kier molecular flexibility index (Phi) is 5.34. The molecule has 150 valence electrons. The van der Waals surface area contributed by atoms with E-state index < -0.39 is 0 Å². The average molecular weight is 389 g/mol. The van der Waals surface area contributed by atoms with E-state index in [9.17, 15) is 0 Å². The van der Waals surface area contributed by atoms with E-state index in [1.807, 2.05) is 0 Å². The molecule has 0 amide bonds. The monoisotopic (exact) mass is 388 g/mol. The van der Waals surface area contributed by atoms with Crippen molar-refractivity contribution >= 4 is 23.1 Å². The molecule has 29 heavy (non-hydrogen) atoms. The molecule has 6 heteroatoms. The Morgan fingerprint density at radius 3 is 2.14 bits per heavy atom. The van der Waals surface area contributed by atoms with Crippen LogP contribution in [0.5, 0.6) is 0 Å². The summed E-state index contributed by atoms with van der Waals surface area (Å²) in [6.45, 7) is 10.3. The van der Waals surface area contributed by atoms with E-state index in [2.05, 4.69) is 106 Å². The Morgan fingerprint density at radius 1 is 0.828 bits per heavy atom. The van der Waals surface area contributed by atoms with Gasteiger partial charge in [-0.2, -0.15) is 10.1 Å². The van der Waals surface area contributed by atoms with Crippen molar-refractivity contribution in [3.8, 4) is 0 Å². The smallest absolute Gasteiger partial charge is 0.247 e. The molecule has 1 fully saturated rings. The Labute approximate surface area is 172 Å². The predicted molar refractivity (Wildman–Crippen MR) is 119 cm³/mol. The van der Waals surface area contributed by atoms with Gasteiger partial charge in [-0.1, -0.05) is 51.1 Å². The Bertz CT molecular complexity index is 926. The zero-order valence-corrected chi connectivity index (χ0v) is 17.3. The number of nitrogens with zero attached hydrogens (tertiary/aromatic N) is 5. The molecule has 2 heterocycles. The second-order valence-electron chi connectivity index (χ2n) is 8.40. The first-order chi connectivity index (χ1) is 14.0. The molecular formula is C23H28N6. The molecule has 0 unspecified atom stereocenters. The number of para-hydroxylation sites is 1. The van der Waals surface area contributed by atoms with Crippen molar-refractivity contribution in [2.45, 2.75) is 26.2 Å². The van der Waals surface area contributed by atoms with E-state index in [0.29, 0.717) is 11.8 Å². The van der Waals surface area contributed by atoms with Crippen molar-refractivity contribution in [1.29, 1.82) is 0 Å². The molecule has 0 bridgehead atoms. The Hall–Kier alpha value is -3.15. The van der Waals surface area contributed by atoms with Crippen molar-refractivity contribution in [3.63, 3.8) is 0 Å². The highest BCUT2D eigenvalue weighted by atomic mass is 15.4. The van der Waals surface area contributed by atoms with E-state index in [1.54, 1.807) is 6.20 Å². The molecule has 4 rings (SSSR count). The lowest BCUT2D eigenvalue weighted by Gasteiger charge is -2.35. The van der Waals surface area contributed by atoms with Crippen LogP contribution in [0.3, 0.4) is 0 Å². The fourth-order valence-corrected chi connectivity index (χ4v) is 3.49. The highest BCUT2D eigenvalue weighted by molar-refractivity contribution is 5.57. The van der Waals surface area contributed by atoms with E-state index in [4.69, 9.17) is 0 Å². The molecule has 1 aromatic heterocycles. The van der Waals surface area contributed by atoms with Gasteiger partial charge in [-0.25, -0.2) is 0 Å². The normalized spacial score (nSPS) is 14.7. The van der Waals surface area contributed by atoms with Gasteiger partial charge < -0.3 is 15.1 Å². The number of aromatic nitrogens is 3. The van der Waals surface area contributed by atoms with Gasteiger partial charge in [-0.3, -0.25) is 0 Å². The first-order valence-electron chi connectivity index (χ1n) is 10.1. The Balaban J connectivity index is 1.40. The molecule has 0 spiro atoms. The molecule has 0 aliphatic carbocycles. The highest BCUT2D eigenvalue weighted by Gasteiger charge is 2.20. The van der Waals surface area contributed by atoms with Gasteiger partial charge in [-0.15, -0.1) is 5.10 Å². The quantitative estimate of drug-likeness (QED) is 0.721. The summed E-state index contributed by atoms with van der Waals surface area (Å²) in [5, 5.41) is 11.8. The summed E-state index contributed by atoms with van der Waals surface area (Å²) >= 11 is 0. The SMILES string of the molecule is CC(C)(C)c1ccc(Nc2cnnc(N3CCN(c4ccccc4)CC3)n2)cc1. The van der Waals surface area contributed by atoms with Gasteiger partial charge in [0.25, 0.3) is 0 Å². The topological polar surface area (TPSA) is 57.2 Å². The third-order valence-electron chi connectivity index (χ3n) is 5.25. The van der Waals surface area contributed by atoms with Crippen LogP contribution in [-0.4, -0.2) is 41.4 Å². The highest BCUT2D eigenvalue weighted by Crippen LogP contribution is 2.25. The third-order valence-corrected chi connectivity index (χ3v) is 5.25. The maximum atomic E-state index is 4.68. The molecule has 1 saturated heterocycles. The van der Waals surface area contributed by atoms with Gasteiger partial charge in [0.2, 0.25) is 5.95 Å². The van der Waals surface area contributed by atoms with Crippen molar-refractivity contribution < 1.29 is 0 Å². The van der Waals surface area contributed by atoms with Crippen LogP contribution < -0.4 is 15.1 Å². The van der Waals surface area contributed by atoms with Gasteiger partial charge in [0.1, 0.15) is 0 Å². The van der Waals surface area contributed by atoms with Crippen LogP contribution in [0.25, 0.3) is 0 Å². The zero-order chi connectivity index (χ0) is 20.3. The molecule has 2 aromatic carbocycles. The fourth-order valence-electron chi connectivity index (χ4n) is 3.49. The molecule has 1 aliphatic heterocycles. The number of anilines is 4. The van der Waals surface area contributed by atoms with E-state index in [0.717, 1.165) is 31.9 Å². The lowest BCUT2D eigenvalue weighted by atomic mass is 9.87. The van der Waals surface area contributed by atoms with Gasteiger partial charge in [0.15, 0.2) is 5.82 Å². The number of hydrogen-bond acceptors (Lipinski definition) is 6. The van der Waals surface area contributed by atoms with Crippen LogP contribution >= 0.6 is 0 Å². The summed E-state index contributed by atoms with van der Waals surface area (Å²) in [4.78, 5) is 9.27. The fraction of sp³-hybridized carbons (Fsp3) is 0.348. The van der Waals surface area contributed by atoms with Crippen molar-refractivity contribution in [2.75, 3.05) is 41.3 Å². The number of rotatable bonds is 4. The minimum Gasteiger partial charge on any atom is -0.368 e. The molecule has 0 atom stereocenters. The summed E-state index contributed by atoms with van der Waals surface area (Å²) in [6.07, 6.45) is 1.67. The van der Waals surface area contributed by atoms with Gasteiger partial charge in [0.05, 0.1) is 6.20 Å². The maximum Gasteiger partial charge on any atom is 0.247 e. The first kappa shape index (κ1) is 19.2. The molecule has 3 aromatic rings. The van der Waals surface area contributed by atoms with E-state index in [-0.39, 0.29) is 5.41 Å². The second kappa shape index (κ2) is 8.07. The van der Waals surface area contributed by atoms with Crippen LogP contribution in [0, 0.1) is 0 Å². The van der Waals surface area contributed by atoms with Crippen LogP contribution in [0.15, 0.2) is 60.8 Å². The summed E-state index contributed by atoms with van der Waals surface area (Å²) in [5.41, 5.74) is 3.71. The third kappa shape index (κ3) is 4.65. The minimum atomic E-state index is 0.143. The zero-order valence-electron chi connectivity index (χ0n) is 17.3. The van der Waals surface area contributed by atoms with E-state index >= 15 is 0 Å². The summed E-state index contributed by atoms with van der Waals surface area (Å²) < 4.78 is 0. The average Bonchev–Trinajstić information content (AvgIpc) is 2.74. The molecule has 6 nitrogen and oxygen atoms in total. The molecule has 1 aliphatic rings. The largest absolute Gasteiger partial charge is 0.368 e. The molecular weight excluding hydrogens is 360 g/mol. The number of hydrogen-bond donors (Lipinski definition) is 1. The maximum absolute atomic E-state index is 4.68. The lowest BCUT2D eigenvalue weighted by Crippen LogP contribution is -2.47. The van der Waals surface area contributed by atoms with Crippen LogP contribution in [-0.2, 0) is 5.41 Å². The molecule has 0 radical (unpaired) electrons. The standard InChI is InChI=1S/C23H28N6/c1-23(2,3)18-9-11-19(12-10-18)25-21-17-24-27-22(26-21)29-15-13-28(14-16-29)20-7-5-4-6-8-20/h4-12,17H,13-16H2,1-3H3,(H,25,26,27).